The lowest BCUT2D eigenvalue weighted by Gasteiger charge is -2.10. The molecule has 0 radical (unpaired) electrons. The second-order valence-electron chi connectivity index (χ2n) is 3.49. The fourth-order valence-electron chi connectivity index (χ4n) is 1.01. The Kier molecular flexibility index (Phi) is 4.82. The molecular weight excluding hydrogens is 242 g/mol. The van der Waals surface area contributed by atoms with E-state index in [1.807, 2.05) is 13.0 Å². The smallest absolute Gasteiger partial charge is 0.125 e. The van der Waals surface area contributed by atoms with Gasteiger partial charge in [0, 0.05) is 40.6 Å². The number of pyridine rings is 1. The summed E-state index contributed by atoms with van der Waals surface area (Å²) >= 11 is 4.82. The van der Waals surface area contributed by atoms with Crippen LogP contribution < -0.4 is 11.1 Å². The van der Waals surface area contributed by atoms with Crippen molar-refractivity contribution in [1.82, 2.24) is 4.98 Å². The zero-order chi connectivity index (χ0) is 12.1. The van der Waals surface area contributed by atoms with Crippen molar-refractivity contribution in [3.05, 3.63) is 23.9 Å². The number of nitrogens with two attached hydrogens (primary N) is 1. The molecule has 0 aliphatic rings. The van der Waals surface area contributed by atoms with Gasteiger partial charge in [-0.3, -0.25) is 4.21 Å². The van der Waals surface area contributed by atoms with Crippen LogP contribution in [0.5, 0.6) is 0 Å². The third-order valence-corrected chi connectivity index (χ3v) is 3.72. The van der Waals surface area contributed by atoms with E-state index >= 15 is 0 Å². The highest BCUT2D eigenvalue weighted by Gasteiger charge is 2.05. The Morgan fingerprint density at radius 1 is 1.69 bits per heavy atom. The molecule has 1 rings (SSSR count). The van der Waals surface area contributed by atoms with Crippen LogP contribution >= 0.6 is 12.2 Å². The van der Waals surface area contributed by atoms with Gasteiger partial charge in [-0.15, -0.1) is 0 Å². The maximum Gasteiger partial charge on any atom is 0.125 e. The molecule has 4 nitrogen and oxygen atoms in total. The lowest BCUT2D eigenvalue weighted by atomic mass is 10.3. The van der Waals surface area contributed by atoms with Gasteiger partial charge in [-0.1, -0.05) is 12.2 Å². The molecule has 0 spiro atoms. The Bertz CT molecular complexity index is 392. The number of hydrogen-bond donors (Lipinski definition) is 2. The zero-order valence-electron chi connectivity index (χ0n) is 9.27. The van der Waals surface area contributed by atoms with Gasteiger partial charge in [0.2, 0.25) is 0 Å². The van der Waals surface area contributed by atoms with Gasteiger partial charge in [0.1, 0.15) is 10.8 Å². The molecule has 1 aromatic heterocycles. The average Bonchev–Trinajstić information content (AvgIpc) is 2.26. The van der Waals surface area contributed by atoms with Gasteiger partial charge < -0.3 is 11.1 Å². The first-order chi connectivity index (χ1) is 7.50. The molecule has 0 saturated heterocycles. The van der Waals surface area contributed by atoms with E-state index in [4.69, 9.17) is 18.0 Å². The molecule has 1 aromatic rings. The van der Waals surface area contributed by atoms with Gasteiger partial charge in [0.15, 0.2) is 0 Å². The number of thiocarbonyl (C=S) groups is 1. The highest BCUT2D eigenvalue weighted by molar-refractivity contribution is 7.84. The first-order valence-electron chi connectivity index (χ1n) is 4.82. The van der Waals surface area contributed by atoms with E-state index < -0.39 is 10.8 Å². The van der Waals surface area contributed by atoms with Crippen LogP contribution in [0.3, 0.4) is 0 Å². The van der Waals surface area contributed by atoms with E-state index in [-0.39, 0.29) is 5.25 Å². The fraction of sp³-hybridized carbons (Fsp3) is 0.400. The molecule has 0 saturated carbocycles. The number of nitrogens with one attached hydrogen (secondary N) is 1. The van der Waals surface area contributed by atoms with Gasteiger partial charge in [-0.25, -0.2) is 4.98 Å². The summed E-state index contributed by atoms with van der Waals surface area (Å²) < 4.78 is 11.1. The monoisotopic (exact) mass is 257 g/mol. The predicted molar refractivity (Wildman–Crippen MR) is 72.1 cm³/mol. The van der Waals surface area contributed by atoms with Crippen molar-refractivity contribution in [2.75, 3.05) is 18.1 Å². The van der Waals surface area contributed by atoms with Crippen molar-refractivity contribution < 1.29 is 4.21 Å². The molecule has 0 aliphatic heterocycles. The standard InChI is InChI=1S/C10H15N3OS2/c1-7(16(2)14)5-12-9-4-3-8(6-13-9)10(11)15/h3-4,6-7H,5H2,1-2H3,(H2,11,15)(H,12,13). The van der Waals surface area contributed by atoms with Gasteiger partial charge in [-0.2, -0.15) is 0 Å². The molecule has 0 aliphatic carbocycles. The number of rotatable bonds is 5. The summed E-state index contributed by atoms with van der Waals surface area (Å²) in [6.07, 6.45) is 3.31. The van der Waals surface area contributed by atoms with Crippen LogP contribution in [0, 0.1) is 0 Å². The van der Waals surface area contributed by atoms with Crippen molar-refractivity contribution in [2.45, 2.75) is 12.2 Å². The zero-order valence-corrected chi connectivity index (χ0v) is 10.9. The SMILES string of the molecule is CC(CNc1ccc(C(N)=S)cn1)S(C)=O. The molecule has 3 N–H and O–H groups in total. The van der Waals surface area contributed by atoms with E-state index in [0.29, 0.717) is 11.5 Å². The molecule has 0 amide bonds. The van der Waals surface area contributed by atoms with Crippen molar-refractivity contribution >= 4 is 33.8 Å². The van der Waals surface area contributed by atoms with Gasteiger partial charge in [-0.05, 0) is 19.1 Å². The van der Waals surface area contributed by atoms with Crippen LogP contribution in [-0.2, 0) is 10.8 Å². The minimum Gasteiger partial charge on any atom is -0.389 e. The van der Waals surface area contributed by atoms with Gasteiger partial charge in [0.05, 0.1) is 0 Å². The Morgan fingerprint density at radius 3 is 2.81 bits per heavy atom. The van der Waals surface area contributed by atoms with Crippen LogP contribution in [0.2, 0.25) is 0 Å². The lowest BCUT2D eigenvalue weighted by Crippen LogP contribution is -2.21. The van der Waals surface area contributed by atoms with Crippen LogP contribution in [0.15, 0.2) is 18.3 Å². The summed E-state index contributed by atoms with van der Waals surface area (Å²) in [5.41, 5.74) is 6.20. The van der Waals surface area contributed by atoms with E-state index in [1.54, 1.807) is 18.5 Å². The quantitative estimate of drug-likeness (QED) is 0.767. The largest absolute Gasteiger partial charge is 0.389 e. The molecule has 6 heteroatoms. The van der Waals surface area contributed by atoms with Crippen molar-refractivity contribution in [3.63, 3.8) is 0 Å². The molecule has 16 heavy (non-hydrogen) atoms. The summed E-state index contributed by atoms with van der Waals surface area (Å²) in [7, 11) is -0.827. The molecule has 1 heterocycles. The maximum atomic E-state index is 11.1. The Labute approximate surface area is 103 Å². The molecule has 88 valence electrons. The fourth-order valence-corrected chi connectivity index (χ4v) is 1.45. The highest BCUT2D eigenvalue weighted by atomic mass is 32.2. The van der Waals surface area contributed by atoms with Crippen LogP contribution in [0.1, 0.15) is 12.5 Å². The van der Waals surface area contributed by atoms with E-state index in [2.05, 4.69) is 10.3 Å². The topological polar surface area (TPSA) is 68.0 Å². The molecule has 0 aromatic carbocycles. The third kappa shape index (κ3) is 3.86. The van der Waals surface area contributed by atoms with Crippen molar-refractivity contribution in [1.29, 1.82) is 0 Å². The number of anilines is 1. The predicted octanol–water partition coefficient (Wildman–Crippen LogP) is 0.895. The van der Waals surface area contributed by atoms with Crippen LogP contribution in [0.4, 0.5) is 5.82 Å². The number of aromatic nitrogens is 1. The Morgan fingerprint density at radius 2 is 2.38 bits per heavy atom. The summed E-state index contributed by atoms with van der Waals surface area (Å²) in [5, 5.41) is 3.20. The molecule has 0 bridgehead atoms. The normalized spacial score (nSPS) is 14.1. The van der Waals surface area contributed by atoms with Crippen LogP contribution in [-0.4, -0.2) is 32.2 Å². The summed E-state index contributed by atoms with van der Waals surface area (Å²) in [6.45, 7) is 2.55. The van der Waals surface area contributed by atoms with E-state index in [1.165, 1.54) is 0 Å². The molecular formula is C10H15N3OS2. The first kappa shape index (κ1) is 13.1. The minimum absolute atomic E-state index is 0.0945. The second kappa shape index (κ2) is 5.91. The minimum atomic E-state index is -0.827. The van der Waals surface area contributed by atoms with Crippen molar-refractivity contribution in [2.24, 2.45) is 5.73 Å². The van der Waals surface area contributed by atoms with E-state index in [9.17, 15) is 4.21 Å². The summed E-state index contributed by atoms with van der Waals surface area (Å²) in [5.74, 6) is 0.734. The third-order valence-electron chi connectivity index (χ3n) is 2.19. The lowest BCUT2D eigenvalue weighted by molar-refractivity contribution is 0.679. The van der Waals surface area contributed by atoms with E-state index in [0.717, 1.165) is 11.4 Å². The molecule has 2 unspecified atom stereocenters. The van der Waals surface area contributed by atoms with Gasteiger partial charge in [0.25, 0.3) is 0 Å². The molecule has 0 fully saturated rings. The van der Waals surface area contributed by atoms with Crippen LogP contribution in [0.25, 0.3) is 0 Å². The first-order valence-corrected chi connectivity index (χ1v) is 6.85. The van der Waals surface area contributed by atoms with Gasteiger partial charge >= 0.3 is 0 Å². The summed E-state index contributed by atoms with van der Waals surface area (Å²) in [4.78, 5) is 4.49. The Hall–Kier alpha value is -1.01. The second-order valence-corrected chi connectivity index (χ2v) is 5.73. The maximum absolute atomic E-state index is 11.1. The number of hydrogen-bond acceptors (Lipinski definition) is 4. The van der Waals surface area contributed by atoms with Crippen molar-refractivity contribution in [3.8, 4) is 0 Å². The number of nitrogens with zero attached hydrogens (tertiary/aromatic N) is 1. The molecule has 2 atom stereocenters. The Balaban J connectivity index is 2.56. The summed E-state index contributed by atoms with van der Waals surface area (Å²) in [6, 6.07) is 3.62. The highest BCUT2D eigenvalue weighted by Crippen LogP contribution is 2.05. The average molecular weight is 257 g/mol.